The van der Waals surface area contributed by atoms with E-state index >= 15 is 0 Å². The summed E-state index contributed by atoms with van der Waals surface area (Å²) in [5.74, 6) is -0.148. The van der Waals surface area contributed by atoms with Gasteiger partial charge >= 0.3 is 6.36 Å². The van der Waals surface area contributed by atoms with Gasteiger partial charge in [-0.15, -0.1) is 13.2 Å². The minimum Gasteiger partial charge on any atom is -0.406 e. The summed E-state index contributed by atoms with van der Waals surface area (Å²) in [6.45, 7) is 5.81. The highest BCUT2D eigenvalue weighted by molar-refractivity contribution is 5.31. The fourth-order valence-corrected chi connectivity index (χ4v) is 0.796. The number of benzene rings is 1. The number of alkyl halides is 3. The van der Waals surface area contributed by atoms with Gasteiger partial charge in [0.15, 0.2) is 0 Å². The SMILES string of the molecule is CCC.Cc1ccccc1OC(F)(F)F. The quantitative estimate of drug-likeness (QED) is 0.685. The van der Waals surface area contributed by atoms with Crippen LogP contribution in [0.15, 0.2) is 24.3 Å². The molecule has 0 aliphatic rings. The lowest BCUT2D eigenvalue weighted by Gasteiger charge is -2.10. The van der Waals surface area contributed by atoms with Crippen LogP contribution < -0.4 is 4.74 Å². The van der Waals surface area contributed by atoms with E-state index in [1.54, 1.807) is 19.1 Å². The Hall–Kier alpha value is -1.19. The molecule has 0 aliphatic carbocycles. The highest BCUT2D eigenvalue weighted by Crippen LogP contribution is 2.25. The van der Waals surface area contributed by atoms with E-state index in [4.69, 9.17) is 0 Å². The first-order valence-electron chi connectivity index (χ1n) is 4.72. The second-order valence-corrected chi connectivity index (χ2v) is 3.02. The minimum atomic E-state index is -4.61. The molecule has 1 rings (SSSR count). The van der Waals surface area contributed by atoms with Crippen LogP contribution in [0.4, 0.5) is 13.2 Å². The van der Waals surface area contributed by atoms with Crippen LogP contribution in [-0.2, 0) is 0 Å². The van der Waals surface area contributed by atoms with Gasteiger partial charge < -0.3 is 4.74 Å². The monoisotopic (exact) mass is 220 g/mol. The van der Waals surface area contributed by atoms with Crippen LogP contribution in [0.25, 0.3) is 0 Å². The van der Waals surface area contributed by atoms with E-state index in [1.165, 1.54) is 18.6 Å². The Balaban J connectivity index is 0.000000583. The third-order valence-electron chi connectivity index (χ3n) is 1.32. The Labute approximate surface area is 87.9 Å². The van der Waals surface area contributed by atoms with Crippen molar-refractivity contribution in [3.05, 3.63) is 29.8 Å². The number of aryl methyl sites for hydroxylation is 1. The number of ether oxygens (including phenoxy) is 1. The van der Waals surface area contributed by atoms with Crippen molar-refractivity contribution in [3.63, 3.8) is 0 Å². The van der Waals surface area contributed by atoms with Crippen LogP contribution in [0.5, 0.6) is 5.75 Å². The summed E-state index contributed by atoms with van der Waals surface area (Å²) >= 11 is 0. The second kappa shape index (κ2) is 6.32. The van der Waals surface area contributed by atoms with Gasteiger partial charge in [-0.2, -0.15) is 0 Å². The molecule has 15 heavy (non-hydrogen) atoms. The molecule has 0 aliphatic heterocycles. The maximum absolute atomic E-state index is 11.7. The minimum absolute atomic E-state index is 0.148. The van der Waals surface area contributed by atoms with E-state index in [0.29, 0.717) is 5.56 Å². The molecule has 0 N–H and O–H groups in total. The summed E-state index contributed by atoms with van der Waals surface area (Å²) in [7, 11) is 0. The molecule has 0 spiro atoms. The molecule has 0 bridgehead atoms. The topological polar surface area (TPSA) is 9.23 Å². The predicted molar refractivity (Wildman–Crippen MR) is 53.8 cm³/mol. The van der Waals surface area contributed by atoms with Crippen molar-refractivity contribution in [2.24, 2.45) is 0 Å². The first kappa shape index (κ1) is 13.8. The molecule has 0 unspecified atom stereocenters. The lowest BCUT2D eigenvalue weighted by molar-refractivity contribution is -0.274. The molecule has 0 atom stereocenters. The molecular weight excluding hydrogens is 205 g/mol. The molecule has 1 aromatic rings. The molecule has 0 radical (unpaired) electrons. The summed E-state index contributed by atoms with van der Waals surface area (Å²) in [5.41, 5.74) is 0.467. The third-order valence-corrected chi connectivity index (χ3v) is 1.32. The number of halogens is 3. The Bertz CT molecular complexity index is 281. The molecule has 0 saturated heterocycles. The van der Waals surface area contributed by atoms with Crippen LogP contribution in [-0.4, -0.2) is 6.36 Å². The van der Waals surface area contributed by atoms with Gasteiger partial charge in [0.25, 0.3) is 0 Å². The summed E-state index contributed by atoms with van der Waals surface area (Å²) < 4.78 is 38.8. The van der Waals surface area contributed by atoms with Crippen molar-refractivity contribution in [1.82, 2.24) is 0 Å². The van der Waals surface area contributed by atoms with Gasteiger partial charge in [0.1, 0.15) is 5.75 Å². The predicted octanol–water partition coefficient (Wildman–Crippen LogP) is 4.31. The number of para-hydroxylation sites is 1. The van der Waals surface area contributed by atoms with Gasteiger partial charge in [-0.05, 0) is 18.6 Å². The first-order chi connectivity index (χ1) is 6.90. The molecule has 4 heteroatoms. The van der Waals surface area contributed by atoms with Gasteiger partial charge in [-0.25, -0.2) is 0 Å². The van der Waals surface area contributed by atoms with Crippen molar-refractivity contribution < 1.29 is 17.9 Å². The Kier molecular flexibility index (Phi) is 5.82. The zero-order chi connectivity index (χ0) is 11.9. The first-order valence-corrected chi connectivity index (χ1v) is 4.72. The smallest absolute Gasteiger partial charge is 0.406 e. The Morgan fingerprint density at radius 3 is 2.00 bits per heavy atom. The van der Waals surface area contributed by atoms with Gasteiger partial charge in [-0.1, -0.05) is 38.5 Å². The highest BCUT2D eigenvalue weighted by atomic mass is 19.4. The molecule has 86 valence electrons. The molecule has 0 amide bonds. The van der Waals surface area contributed by atoms with E-state index < -0.39 is 6.36 Å². The summed E-state index contributed by atoms with van der Waals surface area (Å²) in [6, 6.07) is 5.98. The second-order valence-electron chi connectivity index (χ2n) is 3.02. The molecule has 1 aromatic carbocycles. The van der Waals surface area contributed by atoms with Crippen molar-refractivity contribution >= 4 is 0 Å². The summed E-state index contributed by atoms with van der Waals surface area (Å²) in [6.07, 6.45) is -3.36. The van der Waals surface area contributed by atoms with Crippen LogP contribution in [0.3, 0.4) is 0 Å². The van der Waals surface area contributed by atoms with Crippen LogP contribution in [0, 0.1) is 6.92 Å². The highest BCUT2D eigenvalue weighted by Gasteiger charge is 2.31. The zero-order valence-electron chi connectivity index (χ0n) is 9.06. The lowest BCUT2D eigenvalue weighted by Crippen LogP contribution is -2.17. The van der Waals surface area contributed by atoms with Crippen LogP contribution in [0.2, 0.25) is 0 Å². The van der Waals surface area contributed by atoms with Gasteiger partial charge in [0, 0.05) is 0 Å². The van der Waals surface area contributed by atoms with Crippen molar-refractivity contribution in [3.8, 4) is 5.75 Å². The summed E-state index contributed by atoms with van der Waals surface area (Å²) in [4.78, 5) is 0. The van der Waals surface area contributed by atoms with E-state index in [9.17, 15) is 13.2 Å². The maximum atomic E-state index is 11.7. The van der Waals surface area contributed by atoms with E-state index in [1.807, 2.05) is 0 Å². The average molecular weight is 220 g/mol. The molecule has 0 fully saturated rings. The molecule has 0 heterocycles. The van der Waals surface area contributed by atoms with Crippen molar-refractivity contribution in [1.29, 1.82) is 0 Å². The maximum Gasteiger partial charge on any atom is 0.573 e. The van der Waals surface area contributed by atoms with Gasteiger partial charge in [0.2, 0.25) is 0 Å². The molecule has 0 aromatic heterocycles. The fraction of sp³-hybridized carbons (Fsp3) is 0.455. The Morgan fingerprint density at radius 2 is 1.60 bits per heavy atom. The van der Waals surface area contributed by atoms with Gasteiger partial charge in [-0.3, -0.25) is 0 Å². The number of hydrogen-bond donors (Lipinski definition) is 0. The molecule has 1 nitrogen and oxygen atoms in total. The van der Waals surface area contributed by atoms with Crippen molar-refractivity contribution in [2.45, 2.75) is 33.6 Å². The Morgan fingerprint density at radius 1 is 1.13 bits per heavy atom. The number of rotatable bonds is 1. The number of hydrogen-bond acceptors (Lipinski definition) is 1. The molecular formula is C11H15F3O. The van der Waals surface area contributed by atoms with E-state index in [0.717, 1.165) is 0 Å². The summed E-state index contributed by atoms with van der Waals surface area (Å²) in [5, 5.41) is 0. The lowest BCUT2D eigenvalue weighted by atomic mass is 10.2. The normalized spacial score (nSPS) is 10.3. The molecule has 0 saturated carbocycles. The van der Waals surface area contributed by atoms with Crippen LogP contribution >= 0.6 is 0 Å². The largest absolute Gasteiger partial charge is 0.573 e. The van der Waals surface area contributed by atoms with Gasteiger partial charge in [0.05, 0.1) is 0 Å². The zero-order valence-corrected chi connectivity index (χ0v) is 9.06. The standard InChI is InChI=1S/C8H7F3O.C3H8/c1-6-4-2-3-5-7(6)12-8(9,10)11;1-3-2/h2-5H,1H3;3H2,1-2H3. The average Bonchev–Trinajstić information content (AvgIpc) is 2.08. The van der Waals surface area contributed by atoms with Crippen molar-refractivity contribution in [2.75, 3.05) is 0 Å². The fourth-order valence-electron chi connectivity index (χ4n) is 0.796. The van der Waals surface area contributed by atoms with E-state index in [-0.39, 0.29) is 5.75 Å². The van der Waals surface area contributed by atoms with Crippen LogP contribution in [0.1, 0.15) is 25.8 Å². The van der Waals surface area contributed by atoms with E-state index in [2.05, 4.69) is 18.6 Å². The third kappa shape index (κ3) is 6.82.